The minimum absolute atomic E-state index is 0.234. The molecule has 0 spiro atoms. The zero-order valence-electron chi connectivity index (χ0n) is 15.7. The first kappa shape index (κ1) is 19.5. The third-order valence-corrected chi connectivity index (χ3v) is 4.02. The van der Waals surface area contributed by atoms with Crippen molar-refractivity contribution in [1.29, 1.82) is 0 Å². The van der Waals surface area contributed by atoms with Gasteiger partial charge < -0.3 is 15.8 Å². The number of carbonyl (C=O) groups excluding carboxylic acids is 1. The molecule has 2 aromatic rings. The standard InChI is InChI=1S/C21H27N3O2/c1-4-5-6-7-8-12-26-18-11-9-10-17(14-18)24-21(25)19-13-15(2)16(3)23-20(19)22/h5-6,9-11,13-14H,4,7-8,12H2,1-3H3,(H2,22,23)(H,24,25). The van der Waals surface area contributed by atoms with E-state index in [0.29, 0.717) is 17.9 Å². The maximum absolute atomic E-state index is 12.5. The van der Waals surface area contributed by atoms with E-state index in [0.717, 1.165) is 36.3 Å². The topological polar surface area (TPSA) is 77.2 Å². The summed E-state index contributed by atoms with van der Waals surface area (Å²) < 4.78 is 5.75. The molecular formula is C21H27N3O2. The van der Waals surface area contributed by atoms with Crippen molar-refractivity contribution in [3.63, 3.8) is 0 Å². The Labute approximate surface area is 155 Å². The molecule has 0 atom stereocenters. The highest BCUT2D eigenvalue weighted by molar-refractivity contribution is 6.07. The van der Waals surface area contributed by atoms with Crippen LogP contribution in [-0.4, -0.2) is 17.5 Å². The molecule has 5 heteroatoms. The molecule has 138 valence electrons. The maximum Gasteiger partial charge on any atom is 0.259 e. The number of amides is 1. The van der Waals surface area contributed by atoms with E-state index < -0.39 is 0 Å². The molecule has 5 nitrogen and oxygen atoms in total. The largest absolute Gasteiger partial charge is 0.494 e. The predicted molar refractivity (Wildman–Crippen MR) is 107 cm³/mol. The van der Waals surface area contributed by atoms with Crippen LogP contribution in [0.1, 0.15) is 47.8 Å². The number of nitrogen functional groups attached to an aromatic ring is 1. The number of aromatic nitrogens is 1. The average Bonchev–Trinajstić information content (AvgIpc) is 2.61. The summed E-state index contributed by atoms with van der Waals surface area (Å²) in [4.78, 5) is 16.7. The molecule has 0 saturated carbocycles. The lowest BCUT2D eigenvalue weighted by Gasteiger charge is -2.11. The Morgan fingerprint density at radius 1 is 1.27 bits per heavy atom. The number of carbonyl (C=O) groups is 1. The highest BCUT2D eigenvalue weighted by Gasteiger charge is 2.13. The number of aryl methyl sites for hydroxylation is 2. The quantitative estimate of drug-likeness (QED) is 0.534. The van der Waals surface area contributed by atoms with E-state index in [9.17, 15) is 4.79 Å². The van der Waals surface area contributed by atoms with Crippen molar-refractivity contribution in [1.82, 2.24) is 4.98 Å². The van der Waals surface area contributed by atoms with Gasteiger partial charge >= 0.3 is 0 Å². The Morgan fingerprint density at radius 2 is 2.08 bits per heavy atom. The van der Waals surface area contributed by atoms with Gasteiger partial charge in [-0.25, -0.2) is 4.98 Å². The van der Waals surface area contributed by atoms with Crippen LogP contribution in [0.15, 0.2) is 42.5 Å². The molecule has 0 radical (unpaired) electrons. The third-order valence-electron chi connectivity index (χ3n) is 4.02. The molecule has 0 unspecified atom stereocenters. The molecule has 0 fully saturated rings. The fraction of sp³-hybridized carbons (Fsp3) is 0.333. The lowest BCUT2D eigenvalue weighted by molar-refractivity contribution is 0.102. The summed E-state index contributed by atoms with van der Waals surface area (Å²) in [6, 6.07) is 9.12. The molecule has 3 N–H and O–H groups in total. The number of nitrogens with zero attached hydrogens (tertiary/aromatic N) is 1. The number of hydrogen-bond donors (Lipinski definition) is 2. The van der Waals surface area contributed by atoms with E-state index in [-0.39, 0.29) is 11.7 Å². The van der Waals surface area contributed by atoms with Crippen LogP contribution in [0.4, 0.5) is 11.5 Å². The highest BCUT2D eigenvalue weighted by Crippen LogP contribution is 2.20. The fourth-order valence-corrected chi connectivity index (χ4v) is 2.44. The van der Waals surface area contributed by atoms with Crippen molar-refractivity contribution >= 4 is 17.4 Å². The molecule has 1 heterocycles. The number of ether oxygens (including phenoxy) is 1. The number of hydrogen-bond acceptors (Lipinski definition) is 4. The van der Waals surface area contributed by atoms with Crippen LogP contribution in [0, 0.1) is 13.8 Å². The van der Waals surface area contributed by atoms with Crippen molar-refractivity contribution in [3.05, 3.63) is 59.3 Å². The number of nitrogens with one attached hydrogen (secondary N) is 1. The zero-order valence-corrected chi connectivity index (χ0v) is 15.7. The van der Waals surface area contributed by atoms with Crippen LogP contribution in [0.5, 0.6) is 5.75 Å². The highest BCUT2D eigenvalue weighted by atomic mass is 16.5. The van der Waals surface area contributed by atoms with Gasteiger partial charge in [0.05, 0.1) is 12.2 Å². The van der Waals surface area contributed by atoms with Gasteiger partial charge in [0.1, 0.15) is 11.6 Å². The van der Waals surface area contributed by atoms with Crippen LogP contribution in [-0.2, 0) is 0 Å². The van der Waals surface area contributed by atoms with E-state index in [1.807, 2.05) is 38.1 Å². The second-order valence-electron chi connectivity index (χ2n) is 6.18. The lowest BCUT2D eigenvalue weighted by atomic mass is 10.1. The summed E-state index contributed by atoms with van der Waals surface area (Å²) in [5.74, 6) is 0.687. The van der Waals surface area contributed by atoms with E-state index in [2.05, 4.69) is 29.4 Å². The van der Waals surface area contributed by atoms with Crippen LogP contribution in [0.25, 0.3) is 0 Å². The lowest BCUT2D eigenvalue weighted by Crippen LogP contribution is -2.16. The number of allylic oxidation sites excluding steroid dienone is 2. The maximum atomic E-state index is 12.5. The second-order valence-corrected chi connectivity index (χ2v) is 6.18. The normalized spacial score (nSPS) is 10.9. The summed E-state index contributed by atoms with van der Waals surface area (Å²) in [6.07, 6.45) is 7.34. The Hall–Kier alpha value is -2.82. The van der Waals surface area contributed by atoms with Crippen LogP contribution in [0.3, 0.4) is 0 Å². The first-order valence-corrected chi connectivity index (χ1v) is 8.94. The van der Waals surface area contributed by atoms with Gasteiger partial charge in [-0.1, -0.05) is 25.1 Å². The van der Waals surface area contributed by atoms with Crippen molar-refractivity contribution in [2.24, 2.45) is 0 Å². The average molecular weight is 353 g/mol. The molecule has 2 rings (SSSR count). The molecule has 1 aromatic carbocycles. The summed E-state index contributed by atoms with van der Waals surface area (Å²) in [5.41, 5.74) is 8.68. The molecule has 0 bridgehead atoms. The summed E-state index contributed by atoms with van der Waals surface area (Å²) >= 11 is 0. The van der Waals surface area contributed by atoms with Crippen molar-refractivity contribution in [2.75, 3.05) is 17.7 Å². The van der Waals surface area contributed by atoms with Gasteiger partial charge in [0.15, 0.2) is 0 Å². The minimum atomic E-state index is -0.278. The molecule has 26 heavy (non-hydrogen) atoms. The van der Waals surface area contributed by atoms with Crippen LogP contribution >= 0.6 is 0 Å². The number of rotatable bonds is 8. The van der Waals surface area contributed by atoms with E-state index in [1.165, 1.54) is 0 Å². The minimum Gasteiger partial charge on any atom is -0.494 e. The Morgan fingerprint density at radius 3 is 2.85 bits per heavy atom. The predicted octanol–water partition coefficient (Wildman–Crippen LogP) is 4.66. The van der Waals surface area contributed by atoms with E-state index in [1.54, 1.807) is 6.07 Å². The van der Waals surface area contributed by atoms with Crippen molar-refractivity contribution < 1.29 is 9.53 Å². The molecular weight excluding hydrogens is 326 g/mol. The number of nitrogens with two attached hydrogens (primary N) is 1. The second kappa shape index (κ2) is 9.61. The Kier molecular flexibility index (Phi) is 7.21. The molecule has 1 amide bonds. The van der Waals surface area contributed by atoms with E-state index in [4.69, 9.17) is 10.5 Å². The van der Waals surface area contributed by atoms with Gasteiger partial charge in [-0.2, -0.15) is 0 Å². The molecule has 0 saturated heterocycles. The first-order valence-electron chi connectivity index (χ1n) is 8.94. The molecule has 1 aromatic heterocycles. The summed E-state index contributed by atoms with van der Waals surface area (Å²) in [6.45, 7) is 6.53. The Balaban J connectivity index is 1.96. The fourth-order valence-electron chi connectivity index (χ4n) is 2.44. The van der Waals surface area contributed by atoms with Gasteiger partial charge in [0.25, 0.3) is 5.91 Å². The van der Waals surface area contributed by atoms with Gasteiger partial charge in [0.2, 0.25) is 0 Å². The molecule has 0 aliphatic carbocycles. The van der Waals surface area contributed by atoms with Crippen molar-refractivity contribution in [3.8, 4) is 5.75 Å². The number of unbranched alkanes of at least 4 members (excludes halogenated alkanes) is 1. The Bertz CT molecular complexity index is 785. The van der Waals surface area contributed by atoms with Crippen molar-refractivity contribution in [2.45, 2.75) is 40.0 Å². The SMILES string of the molecule is CCC=CCCCOc1cccc(NC(=O)c2cc(C)c(C)nc2N)c1. The van der Waals surface area contributed by atoms with Crippen LogP contribution < -0.4 is 15.8 Å². The van der Waals surface area contributed by atoms with Gasteiger partial charge in [-0.05, 0) is 56.9 Å². The summed E-state index contributed by atoms with van der Waals surface area (Å²) in [7, 11) is 0. The van der Waals surface area contributed by atoms with Gasteiger partial charge in [-0.3, -0.25) is 4.79 Å². The zero-order chi connectivity index (χ0) is 18.9. The number of pyridine rings is 1. The third kappa shape index (κ3) is 5.62. The van der Waals surface area contributed by atoms with Gasteiger partial charge in [0, 0.05) is 17.4 Å². The number of anilines is 2. The van der Waals surface area contributed by atoms with Gasteiger partial charge in [-0.15, -0.1) is 0 Å². The van der Waals surface area contributed by atoms with E-state index >= 15 is 0 Å². The molecule has 0 aliphatic rings. The first-order chi connectivity index (χ1) is 12.5. The van der Waals surface area contributed by atoms with Crippen LogP contribution in [0.2, 0.25) is 0 Å². The summed E-state index contributed by atoms with van der Waals surface area (Å²) in [5, 5.41) is 2.85. The monoisotopic (exact) mass is 353 g/mol. The smallest absolute Gasteiger partial charge is 0.259 e. The number of benzene rings is 1. The molecule has 0 aliphatic heterocycles.